The molecular weight excluding hydrogens is 458 g/mol. The van der Waals surface area contributed by atoms with E-state index < -0.39 is 0 Å². The van der Waals surface area contributed by atoms with Crippen molar-refractivity contribution in [2.75, 3.05) is 32.7 Å². The Hall–Kier alpha value is -1.97. The molecule has 0 radical (unpaired) electrons. The minimum absolute atomic E-state index is 0.0563. The zero-order chi connectivity index (χ0) is 22.8. The first kappa shape index (κ1) is 22.8. The lowest BCUT2D eigenvalue weighted by Gasteiger charge is -2.33. The Labute approximate surface area is 203 Å². The molecule has 4 heterocycles. The van der Waals surface area contributed by atoms with Crippen molar-refractivity contribution in [1.29, 1.82) is 0 Å². The molecule has 2 aliphatic rings. The van der Waals surface area contributed by atoms with Gasteiger partial charge in [-0.2, -0.15) is 0 Å². The highest BCUT2D eigenvalue weighted by Gasteiger charge is 2.31. The summed E-state index contributed by atoms with van der Waals surface area (Å²) in [4.78, 5) is 20.5. The maximum atomic E-state index is 11.1. The molecule has 0 saturated carbocycles. The fourth-order valence-electron chi connectivity index (χ4n) is 4.93. The van der Waals surface area contributed by atoms with Crippen molar-refractivity contribution in [1.82, 2.24) is 19.4 Å². The number of hydrogen-bond acceptors (Lipinski definition) is 6. The average molecular weight is 488 g/mol. The van der Waals surface area contributed by atoms with Crippen LogP contribution in [0.2, 0.25) is 0 Å². The van der Waals surface area contributed by atoms with Crippen molar-refractivity contribution in [3.8, 4) is 0 Å². The third kappa shape index (κ3) is 5.58. The number of halogens is 1. The Morgan fingerprint density at radius 2 is 1.94 bits per heavy atom. The van der Waals surface area contributed by atoms with Crippen molar-refractivity contribution in [3.63, 3.8) is 0 Å². The van der Waals surface area contributed by atoms with Gasteiger partial charge in [0.15, 0.2) is 0 Å². The first-order valence-corrected chi connectivity index (χ1v) is 12.9. The number of alkyl halides is 1. The molecule has 3 aromatic rings. The van der Waals surface area contributed by atoms with E-state index in [-0.39, 0.29) is 17.6 Å². The van der Waals surface area contributed by atoms with Crippen molar-refractivity contribution >= 4 is 39.7 Å². The molecule has 0 aliphatic carbocycles. The second kappa shape index (κ2) is 10.1. The van der Waals surface area contributed by atoms with Gasteiger partial charge in [0.25, 0.3) is 0 Å². The Kier molecular flexibility index (Phi) is 6.99. The molecule has 1 amide bonds. The predicted octanol–water partition coefficient (Wildman–Crippen LogP) is 3.43. The summed E-state index contributed by atoms with van der Waals surface area (Å²) < 4.78 is 8.43. The van der Waals surface area contributed by atoms with Gasteiger partial charge in [0, 0.05) is 56.4 Å². The van der Waals surface area contributed by atoms with Crippen LogP contribution in [0.1, 0.15) is 29.6 Å². The van der Waals surface area contributed by atoms with Crippen LogP contribution in [-0.4, -0.2) is 63.5 Å². The van der Waals surface area contributed by atoms with E-state index in [1.807, 2.05) is 0 Å². The molecule has 2 saturated heterocycles. The van der Waals surface area contributed by atoms with Crippen LogP contribution in [0.5, 0.6) is 0 Å². The second-order valence-electron chi connectivity index (χ2n) is 9.09. The first-order chi connectivity index (χ1) is 16.0. The summed E-state index contributed by atoms with van der Waals surface area (Å²) in [5, 5.41) is 4.43. The lowest BCUT2D eigenvalue weighted by Crippen LogP contribution is -2.48. The van der Waals surface area contributed by atoms with E-state index in [1.165, 1.54) is 10.9 Å². The zero-order valence-electron chi connectivity index (χ0n) is 18.6. The first-order valence-electron chi connectivity index (χ1n) is 11.5. The molecule has 3 unspecified atom stereocenters. The lowest BCUT2D eigenvalue weighted by atomic mass is 9.95. The van der Waals surface area contributed by atoms with Gasteiger partial charge in [-0.15, -0.1) is 11.3 Å². The van der Waals surface area contributed by atoms with Crippen LogP contribution in [0, 0.1) is 5.92 Å². The standard InChI is InChI=1S/C24H30ClN5O2S/c25-22-12-17(13-30-6-5-18-3-1-2-4-20(18)30)11-21(32-22)24-27-19(16-33-24)14-28-7-9-29(10-8-28)15-23(26)31/h1-6,16-17,21-22H,7-15H2,(H2,26,31). The molecule has 2 fully saturated rings. The van der Waals surface area contributed by atoms with Crippen molar-refractivity contribution in [2.45, 2.75) is 37.6 Å². The van der Waals surface area contributed by atoms with E-state index in [0.29, 0.717) is 12.5 Å². The topological polar surface area (TPSA) is 76.6 Å². The van der Waals surface area contributed by atoms with E-state index in [0.717, 1.165) is 62.8 Å². The molecule has 0 bridgehead atoms. The Bertz CT molecular complexity index is 1090. The van der Waals surface area contributed by atoms with Gasteiger partial charge in [-0.3, -0.25) is 14.6 Å². The minimum Gasteiger partial charge on any atom is -0.369 e. The van der Waals surface area contributed by atoms with Gasteiger partial charge < -0.3 is 15.0 Å². The summed E-state index contributed by atoms with van der Waals surface area (Å²) in [7, 11) is 0. The molecule has 3 atom stereocenters. The number of para-hydroxylation sites is 1. The van der Waals surface area contributed by atoms with Crippen LogP contribution in [0.15, 0.2) is 41.9 Å². The van der Waals surface area contributed by atoms with Crippen LogP contribution in [0.3, 0.4) is 0 Å². The molecule has 2 N–H and O–H groups in total. The third-order valence-electron chi connectivity index (χ3n) is 6.59. The molecule has 9 heteroatoms. The van der Waals surface area contributed by atoms with Gasteiger partial charge in [-0.25, -0.2) is 4.98 Å². The number of amides is 1. The SMILES string of the molecule is NC(=O)CN1CCN(Cc2csc(C3CC(Cn4ccc5ccccc54)CC(Cl)O3)n2)CC1. The summed E-state index contributed by atoms with van der Waals surface area (Å²) in [5.74, 6) is 0.175. The van der Waals surface area contributed by atoms with Crippen LogP contribution in [0.25, 0.3) is 10.9 Å². The van der Waals surface area contributed by atoms with Crippen LogP contribution < -0.4 is 5.73 Å². The number of ether oxygens (including phenoxy) is 1. The van der Waals surface area contributed by atoms with E-state index >= 15 is 0 Å². The number of nitrogens with two attached hydrogens (primary N) is 1. The molecule has 176 valence electrons. The largest absolute Gasteiger partial charge is 0.369 e. The van der Waals surface area contributed by atoms with E-state index in [4.69, 9.17) is 27.1 Å². The predicted molar refractivity (Wildman–Crippen MR) is 131 cm³/mol. The average Bonchev–Trinajstić information content (AvgIpc) is 3.42. The summed E-state index contributed by atoms with van der Waals surface area (Å²) in [6.45, 7) is 5.63. The number of benzene rings is 1. The molecule has 2 aromatic heterocycles. The molecular formula is C24H30ClN5O2S. The smallest absolute Gasteiger partial charge is 0.231 e. The maximum Gasteiger partial charge on any atom is 0.231 e. The summed E-state index contributed by atoms with van der Waals surface area (Å²) in [5.41, 5.74) is 7.36. The minimum atomic E-state index is -0.291. The second-order valence-corrected chi connectivity index (χ2v) is 10.5. The van der Waals surface area contributed by atoms with E-state index in [9.17, 15) is 4.79 Å². The molecule has 2 aliphatic heterocycles. The number of hydrogen-bond donors (Lipinski definition) is 1. The number of rotatable bonds is 7. The highest BCUT2D eigenvalue weighted by atomic mass is 35.5. The lowest BCUT2D eigenvalue weighted by molar-refractivity contribution is -0.119. The monoisotopic (exact) mass is 487 g/mol. The van der Waals surface area contributed by atoms with E-state index in [2.05, 4.69) is 56.3 Å². The Morgan fingerprint density at radius 1 is 1.15 bits per heavy atom. The normalized spacial score (nSPS) is 24.9. The summed E-state index contributed by atoms with van der Waals surface area (Å²) in [6, 6.07) is 10.7. The van der Waals surface area contributed by atoms with Crippen molar-refractivity contribution < 1.29 is 9.53 Å². The van der Waals surface area contributed by atoms with Gasteiger partial charge in [-0.05, 0) is 36.3 Å². The number of fused-ring (bicyclic) bond motifs is 1. The fraction of sp³-hybridized carbons (Fsp3) is 0.500. The van der Waals surface area contributed by atoms with Gasteiger partial charge in [0.1, 0.15) is 16.7 Å². The molecule has 7 nitrogen and oxygen atoms in total. The molecule has 5 rings (SSSR count). The van der Waals surface area contributed by atoms with Crippen LogP contribution in [0.4, 0.5) is 0 Å². The van der Waals surface area contributed by atoms with E-state index in [1.54, 1.807) is 11.3 Å². The number of aromatic nitrogens is 2. The quantitative estimate of drug-likeness (QED) is 0.517. The van der Waals surface area contributed by atoms with Gasteiger partial charge in [-0.1, -0.05) is 29.8 Å². The Morgan fingerprint density at radius 3 is 2.76 bits per heavy atom. The van der Waals surface area contributed by atoms with Crippen LogP contribution >= 0.6 is 22.9 Å². The van der Waals surface area contributed by atoms with Gasteiger partial charge >= 0.3 is 0 Å². The number of piperazine rings is 1. The molecule has 1 aromatic carbocycles. The van der Waals surface area contributed by atoms with Crippen molar-refractivity contribution in [2.24, 2.45) is 11.7 Å². The van der Waals surface area contributed by atoms with Gasteiger partial charge in [0.2, 0.25) is 5.91 Å². The number of nitrogens with zero attached hydrogens (tertiary/aromatic N) is 4. The highest BCUT2D eigenvalue weighted by molar-refractivity contribution is 7.09. The molecule has 33 heavy (non-hydrogen) atoms. The highest BCUT2D eigenvalue weighted by Crippen LogP contribution is 2.38. The summed E-state index contributed by atoms with van der Waals surface area (Å²) >= 11 is 8.19. The number of carbonyl (C=O) groups excluding carboxylic acids is 1. The number of carbonyl (C=O) groups is 1. The summed E-state index contributed by atoms with van der Waals surface area (Å²) in [6.07, 6.45) is 3.88. The number of primary amides is 1. The fourth-order valence-corrected chi connectivity index (χ4v) is 6.17. The maximum absolute atomic E-state index is 11.1. The number of thiazole rings is 1. The third-order valence-corrected chi connectivity index (χ3v) is 7.85. The van der Waals surface area contributed by atoms with Gasteiger partial charge in [0.05, 0.1) is 12.2 Å². The zero-order valence-corrected chi connectivity index (χ0v) is 20.2. The van der Waals surface area contributed by atoms with Crippen molar-refractivity contribution in [3.05, 3.63) is 52.6 Å². The Balaban J connectivity index is 1.19. The molecule has 0 spiro atoms. The van der Waals surface area contributed by atoms with Crippen LogP contribution in [-0.2, 0) is 22.6 Å².